The molecule has 0 aliphatic heterocycles. The first kappa shape index (κ1) is 6.58. The molecule has 0 spiro atoms. The zero-order chi connectivity index (χ0) is 7.35. The highest BCUT2D eigenvalue weighted by atomic mass is 32.3. The molecule has 2 atom stereocenters. The van der Waals surface area contributed by atoms with Crippen LogP contribution in [-0.4, -0.2) is 13.7 Å². The number of rotatable bonds is 1. The summed E-state index contributed by atoms with van der Waals surface area (Å²) in [5.41, 5.74) is 0. The molecule has 10 heavy (non-hydrogen) atoms. The average molecular weight is 164 g/mol. The summed E-state index contributed by atoms with van der Waals surface area (Å²) < 4.78 is 32.9. The fourth-order valence-corrected chi connectivity index (χ4v) is 2.84. The third kappa shape index (κ3) is 0.944. The van der Waals surface area contributed by atoms with Crippen LogP contribution in [-0.2, 0) is 10.2 Å². The number of fused-ring (bicyclic) bond motifs is 1. The molecule has 2 aliphatic carbocycles. The average Bonchev–Trinajstić information content (AvgIpc) is 2.38. The van der Waals surface area contributed by atoms with E-state index in [4.69, 9.17) is 0 Å². The van der Waals surface area contributed by atoms with Crippen LogP contribution in [0, 0.1) is 11.8 Å². The highest BCUT2D eigenvalue weighted by Gasteiger charge is 2.50. The molecule has 58 valence electrons. The Kier molecular flexibility index (Phi) is 1.14. The number of hydrogen-bond acceptors (Lipinski definition) is 2. The van der Waals surface area contributed by atoms with Crippen molar-refractivity contribution in [3.8, 4) is 0 Å². The van der Waals surface area contributed by atoms with Crippen LogP contribution in [0.25, 0.3) is 0 Å². The molecular formula is C6H9FO2S. The number of hydrogen-bond donors (Lipinski definition) is 0. The van der Waals surface area contributed by atoms with Crippen molar-refractivity contribution in [2.45, 2.75) is 24.5 Å². The first-order valence-electron chi connectivity index (χ1n) is 3.51. The monoisotopic (exact) mass is 164 g/mol. The summed E-state index contributed by atoms with van der Waals surface area (Å²) in [4.78, 5) is 0. The largest absolute Gasteiger partial charge is 0.305 e. The lowest BCUT2D eigenvalue weighted by atomic mass is 10.2. The lowest BCUT2D eigenvalue weighted by Gasteiger charge is -2.03. The van der Waals surface area contributed by atoms with Crippen molar-refractivity contribution in [3.63, 3.8) is 0 Å². The molecule has 0 bridgehead atoms. The second-order valence-electron chi connectivity index (χ2n) is 3.32. The van der Waals surface area contributed by atoms with Crippen molar-refractivity contribution in [2.24, 2.45) is 11.8 Å². The molecule has 0 aromatic carbocycles. The van der Waals surface area contributed by atoms with Gasteiger partial charge in [0.2, 0.25) is 0 Å². The minimum absolute atomic E-state index is 0.538. The second kappa shape index (κ2) is 1.72. The van der Waals surface area contributed by atoms with Crippen molar-refractivity contribution in [2.75, 3.05) is 0 Å². The van der Waals surface area contributed by atoms with Gasteiger partial charge in [0.15, 0.2) is 0 Å². The van der Waals surface area contributed by atoms with E-state index in [1.165, 1.54) is 0 Å². The van der Waals surface area contributed by atoms with Gasteiger partial charge in [-0.2, -0.15) is 8.42 Å². The Hall–Kier alpha value is -0.120. The first-order valence-corrected chi connectivity index (χ1v) is 4.95. The van der Waals surface area contributed by atoms with Gasteiger partial charge in [-0.05, 0) is 31.1 Å². The van der Waals surface area contributed by atoms with E-state index in [1.54, 1.807) is 0 Å². The van der Waals surface area contributed by atoms with E-state index < -0.39 is 15.5 Å². The van der Waals surface area contributed by atoms with E-state index in [-0.39, 0.29) is 0 Å². The fraction of sp³-hybridized carbons (Fsp3) is 1.00. The van der Waals surface area contributed by atoms with Crippen molar-refractivity contribution in [1.82, 2.24) is 0 Å². The normalized spacial score (nSPS) is 45.1. The van der Waals surface area contributed by atoms with Crippen LogP contribution < -0.4 is 0 Å². The summed E-state index contributed by atoms with van der Waals surface area (Å²) >= 11 is 0. The van der Waals surface area contributed by atoms with Gasteiger partial charge in [0, 0.05) is 0 Å². The van der Waals surface area contributed by atoms with Gasteiger partial charge in [0.1, 0.15) is 0 Å². The number of halogens is 1. The minimum atomic E-state index is -4.21. The Labute approximate surface area is 59.6 Å². The molecule has 0 heterocycles. The Morgan fingerprint density at radius 3 is 1.90 bits per heavy atom. The molecule has 2 nitrogen and oxygen atoms in total. The smallest absolute Gasteiger partial charge is 0.195 e. The summed E-state index contributed by atoms with van der Waals surface area (Å²) in [5.74, 6) is 1.08. The maximum Gasteiger partial charge on any atom is 0.305 e. The lowest BCUT2D eigenvalue weighted by Crippen LogP contribution is -2.13. The molecule has 0 aromatic heterocycles. The van der Waals surface area contributed by atoms with Crippen molar-refractivity contribution in [3.05, 3.63) is 0 Å². The standard InChI is InChI=1S/C6H9FO2S/c7-10(8,9)6-2-4-1-5(4)3-6/h4-6H,1-3H2. The summed E-state index contributed by atoms with van der Waals surface area (Å²) in [6, 6.07) is 0. The predicted octanol–water partition coefficient (Wildman–Crippen LogP) is 1.08. The predicted molar refractivity (Wildman–Crippen MR) is 34.6 cm³/mol. The van der Waals surface area contributed by atoms with E-state index in [0.29, 0.717) is 24.7 Å². The molecule has 0 radical (unpaired) electrons. The van der Waals surface area contributed by atoms with Crippen LogP contribution in [0.3, 0.4) is 0 Å². The topological polar surface area (TPSA) is 34.1 Å². The summed E-state index contributed by atoms with van der Waals surface area (Å²) in [6.45, 7) is 0. The van der Waals surface area contributed by atoms with E-state index in [0.717, 1.165) is 6.42 Å². The van der Waals surface area contributed by atoms with Crippen LogP contribution in [0.5, 0.6) is 0 Å². The molecule has 0 N–H and O–H groups in total. The quantitative estimate of drug-likeness (QED) is 0.543. The molecule has 2 aliphatic rings. The van der Waals surface area contributed by atoms with Crippen LogP contribution >= 0.6 is 0 Å². The lowest BCUT2D eigenvalue weighted by molar-refractivity contribution is 0.525. The van der Waals surface area contributed by atoms with Gasteiger partial charge in [0.05, 0.1) is 5.25 Å². The fourth-order valence-electron chi connectivity index (χ4n) is 1.89. The second-order valence-corrected chi connectivity index (χ2v) is 4.94. The first-order chi connectivity index (χ1) is 4.57. The Bertz CT molecular complexity index is 236. The molecule has 0 aromatic rings. The Morgan fingerprint density at radius 1 is 1.10 bits per heavy atom. The highest BCUT2D eigenvalue weighted by Crippen LogP contribution is 2.53. The summed E-state index contributed by atoms with van der Waals surface area (Å²) in [5, 5.41) is -0.656. The van der Waals surface area contributed by atoms with Gasteiger partial charge in [-0.3, -0.25) is 0 Å². The van der Waals surface area contributed by atoms with Gasteiger partial charge < -0.3 is 0 Å². The van der Waals surface area contributed by atoms with Crippen molar-refractivity contribution < 1.29 is 12.3 Å². The van der Waals surface area contributed by atoms with Gasteiger partial charge in [-0.1, -0.05) is 0 Å². The zero-order valence-electron chi connectivity index (χ0n) is 5.46. The third-order valence-corrected chi connectivity index (χ3v) is 3.78. The van der Waals surface area contributed by atoms with Crippen LogP contribution in [0.2, 0.25) is 0 Å². The molecule has 2 unspecified atom stereocenters. The zero-order valence-corrected chi connectivity index (χ0v) is 6.27. The SMILES string of the molecule is O=S(=O)(F)C1CC2CC2C1. The maximum atomic E-state index is 12.3. The third-order valence-electron chi connectivity index (χ3n) is 2.60. The molecule has 0 amide bonds. The van der Waals surface area contributed by atoms with E-state index in [2.05, 4.69) is 0 Å². The van der Waals surface area contributed by atoms with Gasteiger partial charge >= 0.3 is 10.2 Å². The molecule has 2 saturated carbocycles. The van der Waals surface area contributed by atoms with Crippen molar-refractivity contribution in [1.29, 1.82) is 0 Å². The van der Waals surface area contributed by atoms with Crippen molar-refractivity contribution >= 4 is 10.2 Å². The molecule has 4 heteroatoms. The molecule has 0 saturated heterocycles. The van der Waals surface area contributed by atoms with E-state index in [1.807, 2.05) is 0 Å². The van der Waals surface area contributed by atoms with Crippen LogP contribution in [0.4, 0.5) is 3.89 Å². The maximum absolute atomic E-state index is 12.3. The van der Waals surface area contributed by atoms with Gasteiger partial charge in [-0.15, -0.1) is 3.89 Å². The van der Waals surface area contributed by atoms with Crippen LogP contribution in [0.15, 0.2) is 0 Å². The molecule has 2 fully saturated rings. The van der Waals surface area contributed by atoms with E-state index >= 15 is 0 Å². The summed E-state index contributed by atoms with van der Waals surface area (Å²) in [6.07, 6.45) is 2.28. The van der Waals surface area contributed by atoms with Crippen LogP contribution in [0.1, 0.15) is 19.3 Å². The Morgan fingerprint density at radius 2 is 1.60 bits per heavy atom. The van der Waals surface area contributed by atoms with E-state index in [9.17, 15) is 12.3 Å². The molecular weight excluding hydrogens is 155 g/mol. The summed E-state index contributed by atoms with van der Waals surface area (Å²) in [7, 11) is -4.21. The molecule has 2 rings (SSSR count). The highest BCUT2D eigenvalue weighted by molar-refractivity contribution is 7.87. The minimum Gasteiger partial charge on any atom is -0.195 e. The Balaban J connectivity index is 2.10. The van der Waals surface area contributed by atoms with Gasteiger partial charge in [-0.25, -0.2) is 0 Å². The van der Waals surface area contributed by atoms with Gasteiger partial charge in [0.25, 0.3) is 0 Å².